The molecular formula is C19H17N3O3. The van der Waals surface area contributed by atoms with Crippen LogP contribution in [0.5, 0.6) is 17.2 Å². The summed E-state index contributed by atoms with van der Waals surface area (Å²) in [5.41, 5.74) is 2.68. The lowest BCUT2D eigenvalue weighted by Crippen LogP contribution is -2.31. The number of nitrogens with zero attached hydrogens (tertiary/aromatic N) is 2. The quantitative estimate of drug-likeness (QED) is 0.912. The Morgan fingerprint density at radius 3 is 2.72 bits per heavy atom. The maximum Gasteiger partial charge on any atom is 0.231 e. The molecule has 2 aliphatic heterocycles. The van der Waals surface area contributed by atoms with Gasteiger partial charge in [0.1, 0.15) is 11.7 Å². The molecule has 2 heterocycles. The second kappa shape index (κ2) is 5.71. The first kappa shape index (κ1) is 15.3. The Balaban J connectivity index is 1.91. The number of anilines is 1. The zero-order valence-corrected chi connectivity index (χ0v) is 13.9. The molecule has 1 N–H and O–H groups in total. The second-order valence-electron chi connectivity index (χ2n) is 6.25. The fourth-order valence-corrected chi connectivity index (χ4v) is 3.34. The Morgan fingerprint density at radius 2 is 1.96 bits per heavy atom. The lowest BCUT2D eigenvalue weighted by molar-refractivity contribution is 0.173. The summed E-state index contributed by atoms with van der Waals surface area (Å²) in [4.78, 5) is 1.97. The summed E-state index contributed by atoms with van der Waals surface area (Å²) in [6, 6.07) is 13.7. The Kier molecular flexibility index (Phi) is 3.50. The van der Waals surface area contributed by atoms with Crippen molar-refractivity contribution in [2.45, 2.75) is 5.92 Å². The van der Waals surface area contributed by atoms with Crippen molar-refractivity contribution < 1.29 is 14.2 Å². The van der Waals surface area contributed by atoms with Gasteiger partial charge in [0.05, 0.1) is 6.07 Å². The predicted molar refractivity (Wildman–Crippen MR) is 92.6 cm³/mol. The number of benzene rings is 2. The van der Waals surface area contributed by atoms with Crippen LogP contribution in [0.2, 0.25) is 0 Å². The molecule has 6 nitrogen and oxygen atoms in total. The summed E-state index contributed by atoms with van der Waals surface area (Å²) >= 11 is 0. The molecule has 2 unspecified atom stereocenters. The van der Waals surface area contributed by atoms with E-state index in [2.05, 4.69) is 6.07 Å². The molecule has 0 spiro atoms. The minimum atomic E-state index is -0.714. The molecule has 0 saturated carbocycles. The number of fused-ring (bicyclic) bond motifs is 2. The zero-order valence-electron chi connectivity index (χ0n) is 13.9. The Bertz CT molecular complexity index is 901. The van der Waals surface area contributed by atoms with Gasteiger partial charge in [0.15, 0.2) is 11.5 Å². The molecule has 2 atom stereocenters. The van der Waals surface area contributed by atoms with Crippen LogP contribution in [-0.2, 0) is 0 Å². The molecule has 0 bridgehead atoms. The highest BCUT2D eigenvalue weighted by Crippen LogP contribution is 2.49. The van der Waals surface area contributed by atoms with Crippen molar-refractivity contribution in [2.24, 2.45) is 5.92 Å². The highest BCUT2D eigenvalue weighted by atomic mass is 16.7. The average Bonchev–Trinajstić information content (AvgIpc) is 3.08. The maximum absolute atomic E-state index is 9.66. The second-order valence-corrected chi connectivity index (χ2v) is 6.25. The lowest BCUT2D eigenvalue weighted by Gasteiger charge is -2.31. The fraction of sp³-hybridized carbons (Fsp3) is 0.263. The van der Waals surface area contributed by atoms with Crippen LogP contribution in [-0.4, -0.2) is 26.8 Å². The van der Waals surface area contributed by atoms with E-state index >= 15 is 0 Å². The first-order chi connectivity index (χ1) is 12.1. The van der Waals surface area contributed by atoms with Crippen LogP contribution in [0.4, 0.5) is 5.69 Å². The van der Waals surface area contributed by atoms with Gasteiger partial charge in [-0.2, -0.15) is 5.26 Å². The number of hydrogen-bond donors (Lipinski definition) is 1. The molecular weight excluding hydrogens is 318 g/mol. The largest absolute Gasteiger partial charge is 0.454 e. The van der Waals surface area contributed by atoms with Crippen molar-refractivity contribution in [1.29, 1.82) is 10.7 Å². The third-order valence-electron chi connectivity index (χ3n) is 4.59. The first-order valence-electron chi connectivity index (χ1n) is 7.96. The molecule has 0 radical (unpaired) electrons. The molecule has 0 saturated heterocycles. The van der Waals surface area contributed by atoms with Gasteiger partial charge in [0, 0.05) is 42.9 Å². The van der Waals surface area contributed by atoms with Gasteiger partial charge in [0.2, 0.25) is 12.7 Å². The number of para-hydroxylation sites is 1. The van der Waals surface area contributed by atoms with E-state index in [-0.39, 0.29) is 18.6 Å². The van der Waals surface area contributed by atoms with Gasteiger partial charge in [-0.05, 0) is 12.1 Å². The monoisotopic (exact) mass is 335 g/mol. The van der Waals surface area contributed by atoms with Gasteiger partial charge in [-0.1, -0.05) is 18.2 Å². The molecule has 2 aliphatic rings. The van der Waals surface area contributed by atoms with Gasteiger partial charge >= 0.3 is 0 Å². The summed E-state index contributed by atoms with van der Waals surface area (Å²) in [5.74, 6) is 0.808. The molecule has 25 heavy (non-hydrogen) atoms. The van der Waals surface area contributed by atoms with Crippen molar-refractivity contribution in [1.82, 2.24) is 0 Å². The van der Waals surface area contributed by atoms with Crippen LogP contribution in [0.3, 0.4) is 0 Å². The van der Waals surface area contributed by atoms with Crippen molar-refractivity contribution >= 4 is 11.6 Å². The molecule has 0 aliphatic carbocycles. The van der Waals surface area contributed by atoms with E-state index in [4.69, 9.17) is 19.6 Å². The first-order valence-corrected chi connectivity index (χ1v) is 7.96. The Morgan fingerprint density at radius 1 is 1.12 bits per heavy atom. The third-order valence-corrected chi connectivity index (χ3v) is 4.59. The van der Waals surface area contributed by atoms with Crippen LogP contribution >= 0.6 is 0 Å². The Labute approximate surface area is 145 Å². The number of rotatable bonds is 2. The van der Waals surface area contributed by atoms with Crippen molar-refractivity contribution in [3.8, 4) is 23.3 Å². The molecule has 0 amide bonds. The number of nitrogens with one attached hydrogen (secondary N) is 1. The van der Waals surface area contributed by atoms with Crippen molar-refractivity contribution in [3.63, 3.8) is 0 Å². The molecule has 6 heteroatoms. The fourth-order valence-electron chi connectivity index (χ4n) is 3.34. The zero-order chi connectivity index (χ0) is 17.6. The van der Waals surface area contributed by atoms with Gasteiger partial charge in [-0.3, -0.25) is 5.41 Å². The predicted octanol–water partition coefficient (Wildman–Crippen LogP) is 3.12. The van der Waals surface area contributed by atoms with E-state index in [1.165, 1.54) is 0 Å². The van der Waals surface area contributed by atoms with Crippen molar-refractivity contribution in [2.75, 3.05) is 25.8 Å². The number of hydrogen-bond acceptors (Lipinski definition) is 6. The van der Waals surface area contributed by atoms with Crippen LogP contribution in [0.1, 0.15) is 17.0 Å². The van der Waals surface area contributed by atoms with Crippen LogP contribution in [0.15, 0.2) is 36.4 Å². The average molecular weight is 335 g/mol. The van der Waals surface area contributed by atoms with Crippen LogP contribution < -0.4 is 19.1 Å². The summed E-state index contributed by atoms with van der Waals surface area (Å²) in [6.45, 7) is 0.163. The number of nitriles is 1. The summed E-state index contributed by atoms with van der Waals surface area (Å²) in [5, 5.41) is 17.9. The van der Waals surface area contributed by atoms with E-state index in [1.807, 2.05) is 55.4 Å². The molecule has 126 valence electrons. The van der Waals surface area contributed by atoms with E-state index in [0.717, 1.165) is 16.8 Å². The molecule has 2 aromatic carbocycles. The van der Waals surface area contributed by atoms with E-state index in [9.17, 15) is 5.26 Å². The SMILES string of the molecule is CN(C)c1ccc2c(c1)OC(=N)C(C#N)C2c1cccc2c1OCO2. The maximum atomic E-state index is 9.66. The highest BCUT2D eigenvalue weighted by molar-refractivity contribution is 5.86. The summed E-state index contributed by atoms with van der Waals surface area (Å²) in [6.07, 6.45) is 0. The molecule has 2 aromatic rings. The Hall–Kier alpha value is -3.20. The number of ether oxygens (including phenoxy) is 3. The topological polar surface area (TPSA) is 78.6 Å². The summed E-state index contributed by atoms with van der Waals surface area (Å²) in [7, 11) is 3.89. The van der Waals surface area contributed by atoms with Crippen LogP contribution in [0.25, 0.3) is 0 Å². The minimum absolute atomic E-state index is 0.0487. The smallest absolute Gasteiger partial charge is 0.231 e. The van der Waals surface area contributed by atoms with E-state index in [1.54, 1.807) is 0 Å². The molecule has 0 fully saturated rings. The molecule has 4 rings (SSSR count). The lowest BCUT2D eigenvalue weighted by atomic mass is 9.78. The van der Waals surface area contributed by atoms with Crippen molar-refractivity contribution in [3.05, 3.63) is 47.5 Å². The van der Waals surface area contributed by atoms with E-state index in [0.29, 0.717) is 17.2 Å². The van der Waals surface area contributed by atoms with Crippen LogP contribution in [0, 0.1) is 22.7 Å². The summed E-state index contributed by atoms with van der Waals surface area (Å²) < 4.78 is 16.8. The normalized spacial score (nSPS) is 20.4. The molecule has 0 aromatic heterocycles. The highest BCUT2D eigenvalue weighted by Gasteiger charge is 2.39. The van der Waals surface area contributed by atoms with Gasteiger partial charge in [-0.25, -0.2) is 0 Å². The standard InChI is InChI=1S/C19H17N3O3/c1-22(2)11-6-7-12-16(8-11)25-19(21)14(9-20)17(12)13-4-3-5-15-18(13)24-10-23-15/h3-8,14,17,21H,10H2,1-2H3. The van der Waals surface area contributed by atoms with Gasteiger partial charge < -0.3 is 19.1 Å². The van der Waals surface area contributed by atoms with Gasteiger partial charge in [0.25, 0.3) is 0 Å². The minimum Gasteiger partial charge on any atom is -0.454 e. The van der Waals surface area contributed by atoms with Gasteiger partial charge in [-0.15, -0.1) is 0 Å². The third kappa shape index (κ3) is 2.36. The van der Waals surface area contributed by atoms with E-state index < -0.39 is 5.92 Å².